The second kappa shape index (κ2) is 11.3. The monoisotopic (exact) mass is 444 g/mol. The molecule has 2 nitrogen and oxygen atoms in total. The van der Waals surface area contributed by atoms with Crippen LogP contribution in [0.15, 0.2) is 46.2 Å². The third-order valence-electron chi connectivity index (χ3n) is 4.69. The molecule has 1 N–H and O–H groups in total. The molecule has 1 rings (SSSR count). The molecule has 0 fully saturated rings. The summed E-state index contributed by atoms with van der Waals surface area (Å²) in [7, 11) is -3.22. The summed E-state index contributed by atoms with van der Waals surface area (Å²) in [5.41, 5.74) is 3.21. The highest BCUT2D eigenvalue weighted by Crippen LogP contribution is 2.36. The fourth-order valence-corrected chi connectivity index (χ4v) is 4.40. The van der Waals surface area contributed by atoms with Gasteiger partial charge in [-0.2, -0.15) is 0 Å². The number of hydrogen-bond acceptors (Lipinski definition) is 3. The van der Waals surface area contributed by atoms with Gasteiger partial charge in [-0.15, -0.1) is 5.54 Å². The standard InChI is InChI=1S/C24H36O2SSi2/c1-24(2,3)29(7,8)26-19-14-18-23(27-21-15-10-9-11-16-21)22(25)17-12-13-20-28(4,5)6/h9-11,15-16,18,22,25H,14,19H2,1-8H3/b23-18-. The zero-order valence-electron chi connectivity index (χ0n) is 19.2. The fraction of sp³-hybridized carbons (Fsp3) is 0.500. The van der Waals surface area contributed by atoms with Gasteiger partial charge in [-0.25, -0.2) is 0 Å². The Morgan fingerprint density at radius 3 is 2.28 bits per heavy atom. The van der Waals surface area contributed by atoms with Gasteiger partial charge >= 0.3 is 0 Å². The summed E-state index contributed by atoms with van der Waals surface area (Å²) in [6, 6.07) is 10.1. The van der Waals surface area contributed by atoms with E-state index in [4.69, 9.17) is 4.43 Å². The molecule has 29 heavy (non-hydrogen) atoms. The van der Waals surface area contributed by atoms with Crippen LogP contribution in [0.1, 0.15) is 27.2 Å². The second-order valence-electron chi connectivity index (χ2n) is 9.59. The minimum absolute atomic E-state index is 0.193. The van der Waals surface area contributed by atoms with Crippen molar-refractivity contribution in [2.24, 2.45) is 0 Å². The van der Waals surface area contributed by atoms with E-state index in [0.29, 0.717) is 6.61 Å². The molecule has 0 aromatic heterocycles. The molecule has 0 saturated carbocycles. The van der Waals surface area contributed by atoms with Gasteiger partial charge in [-0.1, -0.05) is 82.4 Å². The third-order valence-corrected chi connectivity index (χ3v) is 11.2. The molecule has 0 aliphatic carbocycles. The highest BCUT2D eigenvalue weighted by Gasteiger charge is 2.36. The van der Waals surface area contributed by atoms with Crippen LogP contribution in [0.4, 0.5) is 0 Å². The molecule has 0 bridgehead atoms. The smallest absolute Gasteiger partial charge is 0.191 e. The molecule has 0 radical (unpaired) electrons. The van der Waals surface area contributed by atoms with Gasteiger partial charge in [0.05, 0.1) is 0 Å². The van der Waals surface area contributed by atoms with Crippen LogP contribution in [0.2, 0.25) is 37.8 Å². The molecule has 1 atom stereocenters. The quantitative estimate of drug-likeness (QED) is 0.231. The molecular weight excluding hydrogens is 409 g/mol. The first-order chi connectivity index (χ1) is 13.3. The highest BCUT2D eigenvalue weighted by molar-refractivity contribution is 8.03. The van der Waals surface area contributed by atoms with E-state index in [0.717, 1.165) is 16.2 Å². The SMILES string of the molecule is CC(C)(C)[Si](C)(C)OCC/C=C(\Sc1ccccc1)C(O)C#CC#C[Si](C)(C)C. The summed E-state index contributed by atoms with van der Waals surface area (Å²) >= 11 is 1.55. The van der Waals surface area contributed by atoms with Gasteiger partial charge in [0, 0.05) is 16.4 Å². The minimum Gasteiger partial charge on any atom is -0.417 e. The predicted octanol–water partition coefficient (Wildman–Crippen LogP) is 6.32. The van der Waals surface area contributed by atoms with E-state index in [1.165, 1.54) is 0 Å². The predicted molar refractivity (Wildman–Crippen MR) is 133 cm³/mol. The Kier molecular flexibility index (Phi) is 10.0. The lowest BCUT2D eigenvalue weighted by Crippen LogP contribution is -2.40. The van der Waals surface area contributed by atoms with Gasteiger partial charge in [0.25, 0.3) is 0 Å². The largest absolute Gasteiger partial charge is 0.417 e. The number of aliphatic hydroxyl groups excluding tert-OH is 1. The van der Waals surface area contributed by atoms with Crippen molar-refractivity contribution in [1.82, 2.24) is 0 Å². The number of hydrogen-bond donors (Lipinski definition) is 1. The first kappa shape index (κ1) is 25.8. The van der Waals surface area contributed by atoms with Crippen LogP contribution in [-0.4, -0.2) is 34.2 Å². The van der Waals surface area contributed by atoms with Crippen LogP contribution >= 0.6 is 11.8 Å². The molecule has 0 saturated heterocycles. The molecule has 5 heteroatoms. The van der Waals surface area contributed by atoms with Crippen molar-refractivity contribution in [2.75, 3.05) is 6.61 Å². The zero-order chi connectivity index (χ0) is 22.1. The van der Waals surface area contributed by atoms with E-state index in [2.05, 4.69) is 82.9 Å². The van der Waals surface area contributed by atoms with Crippen LogP contribution < -0.4 is 0 Å². The first-order valence-corrected chi connectivity index (χ1v) is 17.3. The third kappa shape index (κ3) is 10.4. The number of aliphatic hydroxyl groups is 1. The Morgan fingerprint density at radius 2 is 1.72 bits per heavy atom. The van der Waals surface area contributed by atoms with Gasteiger partial charge in [-0.3, -0.25) is 0 Å². The van der Waals surface area contributed by atoms with Crippen LogP contribution in [0.25, 0.3) is 0 Å². The number of thioether (sulfide) groups is 1. The van der Waals surface area contributed by atoms with Crippen molar-refractivity contribution in [3.05, 3.63) is 41.3 Å². The van der Waals surface area contributed by atoms with Crippen LogP contribution in [-0.2, 0) is 4.43 Å². The van der Waals surface area contributed by atoms with Crippen LogP contribution in [0.5, 0.6) is 0 Å². The van der Waals surface area contributed by atoms with Crippen molar-refractivity contribution in [3.63, 3.8) is 0 Å². The molecule has 158 valence electrons. The topological polar surface area (TPSA) is 29.5 Å². The highest BCUT2D eigenvalue weighted by atomic mass is 32.2. The van der Waals surface area contributed by atoms with Crippen molar-refractivity contribution in [1.29, 1.82) is 0 Å². The maximum absolute atomic E-state index is 10.6. The van der Waals surface area contributed by atoms with Crippen molar-refractivity contribution >= 4 is 28.2 Å². The Hall–Kier alpha value is -1.22. The Morgan fingerprint density at radius 1 is 1.10 bits per heavy atom. The Bertz CT molecular complexity index is 795. The Balaban J connectivity index is 2.89. The summed E-state index contributed by atoms with van der Waals surface area (Å²) in [5.74, 6) is 8.64. The first-order valence-electron chi connectivity index (χ1n) is 10.1. The van der Waals surface area contributed by atoms with E-state index >= 15 is 0 Å². The molecule has 1 aromatic rings. The van der Waals surface area contributed by atoms with E-state index in [1.807, 2.05) is 30.3 Å². The van der Waals surface area contributed by atoms with Crippen molar-refractivity contribution < 1.29 is 9.53 Å². The van der Waals surface area contributed by atoms with Gasteiger partial charge in [0.15, 0.2) is 8.32 Å². The average molecular weight is 445 g/mol. The number of rotatable bonds is 7. The van der Waals surface area contributed by atoms with E-state index < -0.39 is 22.5 Å². The lowest BCUT2D eigenvalue weighted by molar-refractivity contribution is 0.274. The van der Waals surface area contributed by atoms with E-state index in [-0.39, 0.29) is 5.04 Å². The second-order valence-corrected chi connectivity index (χ2v) is 20.3. The van der Waals surface area contributed by atoms with Crippen molar-refractivity contribution in [2.45, 2.75) is 76.0 Å². The average Bonchev–Trinajstić information content (AvgIpc) is 2.60. The Labute approximate surface area is 184 Å². The molecular formula is C24H36O2SSi2. The summed E-state index contributed by atoms with van der Waals surface area (Å²) in [4.78, 5) is 1.91. The molecule has 0 aliphatic heterocycles. The maximum Gasteiger partial charge on any atom is 0.191 e. The summed E-state index contributed by atoms with van der Waals surface area (Å²) in [5, 5.41) is 10.8. The van der Waals surface area contributed by atoms with Gasteiger partial charge in [0.1, 0.15) is 14.2 Å². The molecule has 0 aliphatic rings. The lowest BCUT2D eigenvalue weighted by atomic mass is 10.2. The summed E-state index contributed by atoms with van der Waals surface area (Å²) in [6.07, 6.45) is 1.96. The molecule has 0 amide bonds. The molecule has 1 aromatic carbocycles. The van der Waals surface area contributed by atoms with Crippen molar-refractivity contribution in [3.8, 4) is 23.3 Å². The summed E-state index contributed by atoms with van der Waals surface area (Å²) in [6.45, 7) is 18.4. The zero-order valence-corrected chi connectivity index (χ0v) is 22.0. The van der Waals surface area contributed by atoms with Gasteiger partial charge < -0.3 is 9.53 Å². The van der Waals surface area contributed by atoms with Gasteiger partial charge in [-0.05, 0) is 48.5 Å². The van der Waals surface area contributed by atoms with Crippen LogP contribution in [0, 0.1) is 23.3 Å². The lowest BCUT2D eigenvalue weighted by Gasteiger charge is -2.36. The molecule has 1 unspecified atom stereocenters. The van der Waals surface area contributed by atoms with E-state index in [1.54, 1.807) is 11.8 Å². The van der Waals surface area contributed by atoms with Gasteiger partial charge in [0.2, 0.25) is 0 Å². The summed E-state index contributed by atoms with van der Waals surface area (Å²) < 4.78 is 6.26. The maximum atomic E-state index is 10.6. The fourth-order valence-electron chi connectivity index (χ4n) is 1.96. The normalized spacial score (nSPS) is 13.8. The number of benzene rings is 1. The van der Waals surface area contributed by atoms with Crippen LogP contribution in [0.3, 0.4) is 0 Å². The van der Waals surface area contributed by atoms with E-state index in [9.17, 15) is 5.11 Å². The minimum atomic E-state index is -1.76. The molecule has 0 heterocycles. The molecule has 0 spiro atoms.